The molecule has 5 aromatic rings. The molecular formula is C58H73BN2O. The van der Waals surface area contributed by atoms with E-state index in [9.17, 15) is 0 Å². The van der Waals surface area contributed by atoms with Gasteiger partial charge in [0.15, 0.2) is 0 Å². The highest BCUT2D eigenvalue weighted by Gasteiger charge is 2.54. The first kappa shape index (κ1) is 41.8. The normalized spacial score (nSPS) is 21.6. The lowest BCUT2D eigenvalue weighted by molar-refractivity contribution is 0.282. The van der Waals surface area contributed by atoms with Crippen molar-refractivity contribution in [2.75, 3.05) is 9.80 Å². The predicted octanol–water partition coefficient (Wildman–Crippen LogP) is 14.3. The number of benzene rings is 4. The number of hydrogen-bond acceptors (Lipinski definition) is 3. The van der Waals surface area contributed by atoms with Crippen LogP contribution in [0, 0.1) is 13.8 Å². The molecule has 5 aliphatic rings. The molecule has 0 N–H and O–H groups in total. The number of furan rings is 1. The van der Waals surface area contributed by atoms with E-state index in [-0.39, 0.29) is 44.6 Å². The maximum atomic E-state index is 7.73. The van der Waals surface area contributed by atoms with Crippen LogP contribution in [0.25, 0.3) is 0 Å². The Kier molecular flexibility index (Phi) is 8.60. The van der Waals surface area contributed by atoms with Gasteiger partial charge < -0.3 is 14.2 Å². The van der Waals surface area contributed by atoms with Crippen LogP contribution in [0.3, 0.4) is 0 Å². The zero-order valence-electron chi connectivity index (χ0n) is 41.4. The molecule has 0 bridgehead atoms. The second-order valence-corrected chi connectivity index (χ2v) is 25.6. The molecular weight excluding hydrogens is 751 g/mol. The van der Waals surface area contributed by atoms with Gasteiger partial charge in [0.05, 0.1) is 11.3 Å². The van der Waals surface area contributed by atoms with Gasteiger partial charge in [0.2, 0.25) is 0 Å². The van der Waals surface area contributed by atoms with Crippen LogP contribution in [0.4, 0.5) is 34.1 Å². The Morgan fingerprint density at radius 2 is 1.06 bits per heavy atom. The van der Waals surface area contributed by atoms with Gasteiger partial charge in [-0.15, -0.1) is 0 Å². The standard InChI is InChI=1S/C58H73BN2O/c1-34-30-43-47-44(31-34)61(42-23-18-36(32-35(42)2)52(3,4)5)49-46-50(58(16,17)29-28-57(46,14)15)62-51(49)59(47)41-22-21-39-45(56(12,13)27-26-54(39,8)9)48(41)60(43)37-19-20-38-40(33-37)55(10,11)25-24-53(38,6)7/h18-23,30-33H,24-29H2,1-17H3. The van der Waals surface area contributed by atoms with Crippen LogP contribution in [0.1, 0.15) is 193 Å². The molecule has 2 aliphatic heterocycles. The van der Waals surface area contributed by atoms with Crippen LogP contribution in [-0.2, 0) is 37.9 Å². The number of fused-ring (bicyclic) bond motifs is 9. The lowest BCUT2D eigenvalue weighted by Crippen LogP contribution is -2.62. The van der Waals surface area contributed by atoms with Crippen molar-refractivity contribution in [3.05, 3.63) is 111 Å². The molecule has 4 heteroatoms. The fourth-order valence-corrected chi connectivity index (χ4v) is 12.7. The number of hydrogen-bond donors (Lipinski definition) is 0. The van der Waals surface area contributed by atoms with Crippen LogP contribution >= 0.6 is 0 Å². The van der Waals surface area contributed by atoms with Crippen molar-refractivity contribution in [3.8, 4) is 0 Å². The van der Waals surface area contributed by atoms with E-state index >= 15 is 0 Å². The summed E-state index contributed by atoms with van der Waals surface area (Å²) in [7, 11) is 0. The van der Waals surface area contributed by atoms with Gasteiger partial charge in [0, 0.05) is 39.4 Å². The first-order valence-electron chi connectivity index (χ1n) is 24.0. The van der Waals surface area contributed by atoms with Crippen molar-refractivity contribution in [1.29, 1.82) is 0 Å². The summed E-state index contributed by atoms with van der Waals surface area (Å²) < 4.78 is 7.73. The van der Waals surface area contributed by atoms with Crippen molar-refractivity contribution in [3.63, 3.8) is 0 Å². The highest BCUT2D eigenvalue weighted by molar-refractivity contribution is 6.99. The molecule has 3 aliphatic carbocycles. The SMILES string of the molecule is Cc1cc2c3c(c1)N(c1ccc(C(C)(C)C)cc1C)c1c(oc4c1C(C)(C)CCC4(C)C)B3c1ccc3c(c1N2c1ccc2c(c1)C(C)(C)CCC2(C)C)C(C)(C)CCC3(C)C. The zero-order valence-corrected chi connectivity index (χ0v) is 41.4. The van der Waals surface area contributed by atoms with Gasteiger partial charge in [-0.05, 0) is 165 Å². The fourth-order valence-electron chi connectivity index (χ4n) is 12.7. The summed E-state index contributed by atoms with van der Waals surface area (Å²) in [4.78, 5) is 5.41. The molecule has 0 saturated carbocycles. The summed E-state index contributed by atoms with van der Waals surface area (Å²) in [6.07, 6.45) is 6.95. The highest BCUT2D eigenvalue weighted by Crippen LogP contribution is 2.58. The average Bonchev–Trinajstić information content (AvgIpc) is 3.60. The summed E-state index contributed by atoms with van der Waals surface area (Å²) in [6.45, 7) is 41.2. The monoisotopic (exact) mass is 825 g/mol. The summed E-state index contributed by atoms with van der Waals surface area (Å²) in [5.41, 5.74) is 23.2. The third-order valence-corrected chi connectivity index (χ3v) is 17.0. The molecule has 0 saturated heterocycles. The van der Waals surface area contributed by atoms with E-state index in [4.69, 9.17) is 4.42 Å². The third kappa shape index (κ3) is 5.82. The maximum Gasteiger partial charge on any atom is 0.297 e. The summed E-state index contributed by atoms with van der Waals surface area (Å²) >= 11 is 0. The molecule has 0 fully saturated rings. The van der Waals surface area contributed by atoms with Gasteiger partial charge in [0.25, 0.3) is 6.71 Å². The molecule has 0 radical (unpaired) electrons. The molecule has 324 valence electrons. The summed E-state index contributed by atoms with van der Waals surface area (Å²) in [5, 5.41) is 0. The van der Waals surface area contributed by atoms with E-state index in [1.807, 2.05) is 0 Å². The van der Waals surface area contributed by atoms with Gasteiger partial charge in [0.1, 0.15) is 5.76 Å². The Morgan fingerprint density at radius 3 is 1.69 bits per heavy atom. The molecule has 3 nitrogen and oxygen atoms in total. The first-order chi connectivity index (χ1) is 28.7. The predicted molar refractivity (Wildman–Crippen MR) is 267 cm³/mol. The molecule has 3 heterocycles. The summed E-state index contributed by atoms with van der Waals surface area (Å²) in [5.74, 6) is 1.18. The molecule has 62 heavy (non-hydrogen) atoms. The van der Waals surface area contributed by atoms with Gasteiger partial charge >= 0.3 is 0 Å². The topological polar surface area (TPSA) is 19.6 Å². The van der Waals surface area contributed by atoms with Crippen molar-refractivity contribution in [1.82, 2.24) is 0 Å². The van der Waals surface area contributed by atoms with E-state index in [2.05, 4.69) is 188 Å². The Bertz CT molecular complexity index is 2730. The largest absolute Gasteiger partial charge is 0.472 e. The highest BCUT2D eigenvalue weighted by atomic mass is 16.3. The number of rotatable bonds is 2. The second kappa shape index (κ2) is 12.8. The van der Waals surface area contributed by atoms with Crippen molar-refractivity contribution in [2.24, 2.45) is 0 Å². The van der Waals surface area contributed by atoms with E-state index in [0.717, 1.165) is 24.9 Å². The molecule has 0 atom stereocenters. The van der Waals surface area contributed by atoms with E-state index in [1.54, 1.807) is 0 Å². The van der Waals surface area contributed by atoms with Gasteiger partial charge in [-0.1, -0.05) is 134 Å². The Balaban J connectivity index is 1.36. The molecule has 0 unspecified atom stereocenters. The van der Waals surface area contributed by atoms with Gasteiger partial charge in [-0.2, -0.15) is 0 Å². The minimum atomic E-state index is -0.0843. The molecule has 10 rings (SSSR count). The van der Waals surface area contributed by atoms with Gasteiger partial charge in [-0.25, -0.2) is 0 Å². The van der Waals surface area contributed by atoms with Crippen molar-refractivity contribution in [2.45, 2.75) is 194 Å². The molecule has 0 amide bonds. The molecule has 0 spiro atoms. The minimum absolute atomic E-state index is 0.0180. The zero-order chi connectivity index (χ0) is 44.6. The molecule has 1 aromatic heterocycles. The number of nitrogens with zero attached hydrogens (tertiary/aromatic N) is 2. The van der Waals surface area contributed by atoms with E-state index in [1.165, 1.54) is 115 Å². The Labute approximate surface area is 375 Å². The molecule has 4 aromatic carbocycles. The van der Waals surface area contributed by atoms with Gasteiger partial charge in [-0.3, -0.25) is 0 Å². The maximum absolute atomic E-state index is 7.73. The van der Waals surface area contributed by atoms with Crippen LogP contribution in [0.15, 0.2) is 65.1 Å². The number of anilines is 6. The van der Waals surface area contributed by atoms with E-state index < -0.39 is 0 Å². The third-order valence-electron chi connectivity index (χ3n) is 17.0. The minimum Gasteiger partial charge on any atom is -0.472 e. The van der Waals surface area contributed by atoms with E-state index in [0.29, 0.717) is 0 Å². The average molecular weight is 825 g/mol. The summed E-state index contributed by atoms with van der Waals surface area (Å²) in [6, 6.07) is 24.9. The fraction of sp³-hybridized carbons (Fsp3) is 0.517. The van der Waals surface area contributed by atoms with Crippen LogP contribution in [0.5, 0.6) is 0 Å². The number of aryl methyl sites for hydroxylation is 2. The quantitative estimate of drug-likeness (QED) is 0.162. The lowest BCUT2D eigenvalue weighted by Gasteiger charge is -2.49. The Morgan fingerprint density at radius 1 is 0.516 bits per heavy atom. The van der Waals surface area contributed by atoms with Crippen molar-refractivity contribution >= 4 is 57.4 Å². The van der Waals surface area contributed by atoms with Crippen molar-refractivity contribution < 1.29 is 4.42 Å². The smallest absolute Gasteiger partial charge is 0.297 e. The van der Waals surface area contributed by atoms with Crippen LogP contribution < -0.4 is 26.4 Å². The van der Waals surface area contributed by atoms with Crippen LogP contribution in [0.2, 0.25) is 0 Å². The second-order valence-electron chi connectivity index (χ2n) is 25.6. The first-order valence-corrected chi connectivity index (χ1v) is 24.0. The van der Waals surface area contributed by atoms with Crippen LogP contribution in [-0.4, -0.2) is 6.71 Å². The lowest BCUT2D eigenvalue weighted by atomic mass is 9.34. The Hall–Kier alpha value is -4.18.